The lowest BCUT2D eigenvalue weighted by atomic mass is 9.78. The molecule has 2 bridgehead atoms. The summed E-state index contributed by atoms with van der Waals surface area (Å²) in [5.41, 5.74) is 3.32. The normalized spacial score (nSPS) is 24.3. The zero-order valence-electron chi connectivity index (χ0n) is 22.9. The van der Waals surface area contributed by atoms with Crippen LogP contribution in [0.4, 0.5) is 0 Å². The maximum Gasteiger partial charge on any atom is 0.251 e. The molecule has 0 saturated carbocycles. The van der Waals surface area contributed by atoms with Crippen molar-refractivity contribution >= 4 is 28.1 Å². The summed E-state index contributed by atoms with van der Waals surface area (Å²) >= 11 is 1.76. The Morgan fingerprint density at radius 2 is 1.90 bits per heavy atom. The molecule has 7 rings (SSSR count). The molecular weight excluding hydrogens is 520 g/mol. The number of hydrogen-bond acceptors (Lipinski definition) is 6. The van der Waals surface area contributed by atoms with Crippen molar-refractivity contribution in [2.75, 3.05) is 26.8 Å². The number of carbonyl (C=O) groups is 1. The topological polar surface area (TPSA) is 79.5 Å². The van der Waals surface area contributed by atoms with Crippen LogP contribution < -0.4 is 10.1 Å². The van der Waals surface area contributed by atoms with Gasteiger partial charge in [0.15, 0.2) is 0 Å². The quantitative estimate of drug-likeness (QED) is 0.302. The minimum Gasteiger partial charge on any atom is -0.490 e. The van der Waals surface area contributed by atoms with Gasteiger partial charge in [-0.3, -0.25) is 9.89 Å². The van der Waals surface area contributed by atoms with Gasteiger partial charge in [0.05, 0.1) is 11.2 Å². The van der Waals surface area contributed by atoms with Crippen LogP contribution in [0.3, 0.4) is 0 Å². The number of amides is 1. The maximum absolute atomic E-state index is 13.3. The fourth-order valence-electron chi connectivity index (χ4n) is 6.92. The molecule has 3 aliphatic rings. The Kier molecular flexibility index (Phi) is 6.86. The van der Waals surface area contributed by atoms with Crippen LogP contribution in [-0.2, 0) is 10.2 Å². The van der Waals surface area contributed by atoms with Gasteiger partial charge in [0.1, 0.15) is 11.9 Å². The van der Waals surface area contributed by atoms with Crippen LogP contribution in [0.5, 0.6) is 5.75 Å². The number of nitrogens with one attached hydrogen (secondary N) is 2. The minimum atomic E-state index is -0.0656. The molecule has 208 valence electrons. The highest BCUT2D eigenvalue weighted by Gasteiger charge is 2.39. The lowest BCUT2D eigenvalue weighted by molar-refractivity contribution is 0.0499. The Labute approximate surface area is 238 Å². The SMILES string of the molecule is CN1[C@@H]2CC[C@H]1CC(Oc1ccc(-c3n[nH]c4ccc(C(=O)NCC5(c6cccs6)CCOCC5)cc34)cc1)C2. The van der Waals surface area contributed by atoms with Crippen LogP contribution in [0.2, 0.25) is 0 Å². The molecule has 5 heterocycles. The van der Waals surface area contributed by atoms with E-state index in [9.17, 15) is 4.79 Å². The fourth-order valence-corrected chi connectivity index (χ4v) is 7.91. The van der Waals surface area contributed by atoms with Crippen molar-refractivity contribution in [3.8, 4) is 17.0 Å². The molecule has 2 aromatic carbocycles. The van der Waals surface area contributed by atoms with Crippen molar-refractivity contribution in [3.63, 3.8) is 0 Å². The molecule has 8 heteroatoms. The van der Waals surface area contributed by atoms with Crippen molar-refractivity contribution < 1.29 is 14.3 Å². The van der Waals surface area contributed by atoms with Crippen molar-refractivity contribution in [2.45, 2.75) is 62.1 Å². The molecule has 0 spiro atoms. The van der Waals surface area contributed by atoms with Crippen LogP contribution in [-0.4, -0.2) is 66.0 Å². The van der Waals surface area contributed by atoms with Gasteiger partial charge in [0.2, 0.25) is 0 Å². The van der Waals surface area contributed by atoms with E-state index in [0.717, 1.165) is 66.8 Å². The van der Waals surface area contributed by atoms with Gasteiger partial charge in [-0.05, 0) is 99.5 Å². The predicted molar refractivity (Wildman–Crippen MR) is 158 cm³/mol. The lowest BCUT2D eigenvalue weighted by Gasteiger charge is -2.36. The minimum absolute atomic E-state index is 0.0627. The van der Waals surface area contributed by atoms with E-state index in [0.29, 0.717) is 24.2 Å². The number of fused-ring (bicyclic) bond motifs is 3. The van der Waals surface area contributed by atoms with Gasteiger partial charge in [-0.2, -0.15) is 5.10 Å². The van der Waals surface area contributed by atoms with Gasteiger partial charge in [-0.15, -0.1) is 11.3 Å². The first kappa shape index (κ1) is 25.7. The number of hydrogen-bond donors (Lipinski definition) is 2. The zero-order chi connectivity index (χ0) is 27.1. The molecule has 3 atom stereocenters. The summed E-state index contributed by atoms with van der Waals surface area (Å²) in [5, 5.41) is 14.0. The number of carbonyl (C=O) groups excluding carboxylic acids is 1. The summed E-state index contributed by atoms with van der Waals surface area (Å²) in [5.74, 6) is 0.845. The highest BCUT2D eigenvalue weighted by molar-refractivity contribution is 7.10. The van der Waals surface area contributed by atoms with Gasteiger partial charge >= 0.3 is 0 Å². The van der Waals surface area contributed by atoms with Crippen LogP contribution >= 0.6 is 11.3 Å². The van der Waals surface area contributed by atoms with E-state index < -0.39 is 0 Å². The summed E-state index contributed by atoms with van der Waals surface area (Å²) < 4.78 is 12.0. The number of aromatic amines is 1. The largest absolute Gasteiger partial charge is 0.490 e. The second kappa shape index (κ2) is 10.7. The third-order valence-corrected chi connectivity index (χ3v) is 10.5. The van der Waals surface area contributed by atoms with Crippen LogP contribution in [0, 0.1) is 0 Å². The molecule has 2 aromatic heterocycles. The second-order valence-electron chi connectivity index (χ2n) is 11.7. The molecule has 0 radical (unpaired) electrons. The standard InChI is InChI=1S/C32H36N4O3S/c1-36-23-7-8-24(36)19-26(18-23)39-25-9-4-21(5-10-25)30-27-17-22(6-11-28(27)34-35-30)31(37)33-20-32(12-14-38-15-13-32)29-3-2-16-40-29/h2-6,9-11,16-17,23-24,26H,7-8,12-15,18-20H2,1H3,(H,33,37)(H,34,35)/t23-,24+,26?. The van der Waals surface area contributed by atoms with E-state index >= 15 is 0 Å². The molecule has 1 unspecified atom stereocenters. The van der Waals surface area contributed by atoms with Crippen LogP contribution in [0.15, 0.2) is 60.0 Å². The van der Waals surface area contributed by atoms with Gasteiger partial charge in [-0.1, -0.05) is 6.07 Å². The summed E-state index contributed by atoms with van der Waals surface area (Å²) in [7, 11) is 2.25. The molecule has 40 heavy (non-hydrogen) atoms. The Bertz CT molecular complexity index is 1460. The van der Waals surface area contributed by atoms with E-state index in [2.05, 4.69) is 57.1 Å². The van der Waals surface area contributed by atoms with E-state index in [-0.39, 0.29) is 17.4 Å². The van der Waals surface area contributed by atoms with Gasteiger partial charge in [0, 0.05) is 58.6 Å². The third kappa shape index (κ3) is 4.82. The van der Waals surface area contributed by atoms with Crippen molar-refractivity contribution in [1.82, 2.24) is 20.4 Å². The summed E-state index contributed by atoms with van der Waals surface area (Å²) in [6.07, 6.45) is 6.90. The number of benzene rings is 2. The van der Waals surface area contributed by atoms with Crippen LogP contribution in [0.25, 0.3) is 22.2 Å². The first-order valence-electron chi connectivity index (χ1n) is 14.5. The Morgan fingerprint density at radius 1 is 1.12 bits per heavy atom. The fraction of sp³-hybridized carbons (Fsp3) is 0.438. The van der Waals surface area contributed by atoms with Crippen molar-refractivity contribution in [2.24, 2.45) is 0 Å². The van der Waals surface area contributed by atoms with Gasteiger partial charge in [-0.25, -0.2) is 0 Å². The molecule has 3 saturated heterocycles. The smallest absolute Gasteiger partial charge is 0.251 e. The highest BCUT2D eigenvalue weighted by Crippen LogP contribution is 2.38. The van der Waals surface area contributed by atoms with Gasteiger partial charge < -0.3 is 19.7 Å². The number of rotatable bonds is 7. The summed E-state index contributed by atoms with van der Waals surface area (Å²) in [6.45, 7) is 2.05. The molecule has 3 aliphatic heterocycles. The monoisotopic (exact) mass is 556 g/mol. The predicted octanol–water partition coefficient (Wildman–Crippen LogP) is 5.77. The maximum atomic E-state index is 13.3. The first-order valence-corrected chi connectivity index (χ1v) is 15.3. The first-order chi connectivity index (χ1) is 19.6. The molecule has 3 fully saturated rings. The number of ether oxygens (including phenoxy) is 2. The highest BCUT2D eigenvalue weighted by atomic mass is 32.1. The molecule has 2 N–H and O–H groups in total. The average Bonchev–Trinajstić information content (AvgIpc) is 3.72. The Hall–Kier alpha value is -3.20. The molecule has 1 amide bonds. The Balaban J connectivity index is 1.06. The zero-order valence-corrected chi connectivity index (χ0v) is 23.7. The van der Waals surface area contributed by atoms with E-state index in [1.165, 1.54) is 17.7 Å². The summed E-state index contributed by atoms with van der Waals surface area (Å²) in [6, 6.07) is 19.6. The lowest BCUT2D eigenvalue weighted by Crippen LogP contribution is -2.44. The second-order valence-corrected chi connectivity index (χ2v) is 12.6. The molecule has 7 nitrogen and oxygen atoms in total. The summed E-state index contributed by atoms with van der Waals surface area (Å²) in [4.78, 5) is 17.2. The number of H-pyrrole nitrogens is 1. The van der Waals surface area contributed by atoms with Gasteiger partial charge in [0.25, 0.3) is 5.91 Å². The number of piperidine rings is 1. The number of nitrogens with zero attached hydrogens (tertiary/aromatic N) is 2. The van der Waals surface area contributed by atoms with E-state index in [1.807, 2.05) is 30.3 Å². The average molecular weight is 557 g/mol. The number of aromatic nitrogens is 2. The Morgan fingerprint density at radius 3 is 2.62 bits per heavy atom. The van der Waals surface area contributed by atoms with E-state index in [4.69, 9.17) is 9.47 Å². The molecule has 4 aromatic rings. The third-order valence-electron chi connectivity index (χ3n) is 9.39. The molecule has 0 aliphatic carbocycles. The van der Waals surface area contributed by atoms with Crippen molar-refractivity contribution in [3.05, 3.63) is 70.4 Å². The van der Waals surface area contributed by atoms with Crippen molar-refractivity contribution in [1.29, 1.82) is 0 Å². The van der Waals surface area contributed by atoms with Crippen LogP contribution in [0.1, 0.15) is 53.8 Å². The van der Waals surface area contributed by atoms with E-state index in [1.54, 1.807) is 11.3 Å². The molecular formula is C32H36N4O3S. The number of thiophene rings is 1.